The highest BCUT2D eigenvalue weighted by atomic mass is 35.5. The highest BCUT2D eigenvalue weighted by Crippen LogP contribution is 2.29. The van der Waals surface area contributed by atoms with E-state index in [2.05, 4.69) is 5.32 Å². The minimum atomic E-state index is -0.493. The smallest absolute Gasteiger partial charge is 0.407 e. The summed E-state index contributed by atoms with van der Waals surface area (Å²) in [4.78, 5) is 23.5. The van der Waals surface area contributed by atoms with Gasteiger partial charge in [-0.2, -0.15) is 0 Å². The fourth-order valence-corrected chi connectivity index (χ4v) is 3.19. The zero-order valence-corrected chi connectivity index (χ0v) is 17.1. The number of alkyl carbamates (subject to hydrolysis) is 1. The van der Waals surface area contributed by atoms with E-state index in [9.17, 15) is 9.59 Å². The number of methoxy groups -OCH3 is 1. The number of carbonyl (C=O) groups excluding carboxylic acids is 2. The molecule has 0 aromatic heterocycles. The molecule has 1 aliphatic carbocycles. The first kappa shape index (κ1) is 21.4. The van der Waals surface area contributed by atoms with Gasteiger partial charge < -0.3 is 19.5 Å². The standard InChI is InChI=1S/C20H28ClNO5/c1-20(2,3)27-19(24)22-15-8-5-13(6-9-15)12-26-17-11-14(18(23)25-4)7-10-16(17)21/h7,10-11,13,15H,5-6,8-9,12H2,1-4H3,(H,22,24). The van der Waals surface area contributed by atoms with Gasteiger partial charge in [-0.1, -0.05) is 11.6 Å². The number of rotatable bonds is 5. The molecule has 6 nitrogen and oxygen atoms in total. The first-order valence-electron chi connectivity index (χ1n) is 9.18. The molecule has 1 amide bonds. The van der Waals surface area contributed by atoms with E-state index in [1.807, 2.05) is 20.8 Å². The molecule has 27 heavy (non-hydrogen) atoms. The zero-order valence-electron chi connectivity index (χ0n) is 16.3. The molecule has 7 heteroatoms. The lowest BCUT2D eigenvalue weighted by atomic mass is 9.86. The summed E-state index contributed by atoms with van der Waals surface area (Å²) in [5.74, 6) is 0.429. The summed E-state index contributed by atoms with van der Waals surface area (Å²) in [5, 5.41) is 3.39. The maximum atomic E-state index is 11.9. The first-order valence-corrected chi connectivity index (χ1v) is 9.56. The van der Waals surface area contributed by atoms with Crippen molar-refractivity contribution in [1.29, 1.82) is 0 Å². The number of esters is 1. The van der Waals surface area contributed by atoms with E-state index in [0.29, 0.717) is 28.9 Å². The minimum absolute atomic E-state index is 0.127. The van der Waals surface area contributed by atoms with Crippen LogP contribution in [0.25, 0.3) is 0 Å². The minimum Gasteiger partial charge on any atom is -0.492 e. The van der Waals surface area contributed by atoms with Gasteiger partial charge in [0.1, 0.15) is 11.4 Å². The predicted octanol–water partition coefficient (Wildman–Crippen LogP) is 4.59. The second-order valence-corrected chi connectivity index (χ2v) is 8.22. The van der Waals surface area contributed by atoms with Crippen LogP contribution in [0.15, 0.2) is 18.2 Å². The van der Waals surface area contributed by atoms with E-state index in [-0.39, 0.29) is 12.1 Å². The molecule has 1 saturated carbocycles. The Bertz CT molecular complexity index is 663. The van der Waals surface area contributed by atoms with Crippen molar-refractivity contribution in [2.24, 2.45) is 5.92 Å². The third-order valence-electron chi connectivity index (χ3n) is 4.39. The summed E-state index contributed by atoms with van der Waals surface area (Å²) in [5.41, 5.74) is -0.0881. The van der Waals surface area contributed by atoms with Gasteiger partial charge in [0.2, 0.25) is 0 Å². The zero-order chi connectivity index (χ0) is 20.0. The van der Waals surface area contributed by atoms with Crippen molar-refractivity contribution in [2.45, 2.75) is 58.1 Å². The van der Waals surface area contributed by atoms with Gasteiger partial charge in [-0.05, 0) is 70.6 Å². The summed E-state index contributed by atoms with van der Waals surface area (Å²) in [6, 6.07) is 4.96. The van der Waals surface area contributed by atoms with Gasteiger partial charge in [0.15, 0.2) is 0 Å². The summed E-state index contributed by atoms with van der Waals surface area (Å²) < 4.78 is 15.9. The molecule has 1 N–H and O–H groups in total. The van der Waals surface area contributed by atoms with E-state index in [1.165, 1.54) is 7.11 Å². The summed E-state index contributed by atoms with van der Waals surface area (Å²) in [7, 11) is 1.33. The quantitative estimate of drug-likeness (QED) is 0.735. The van der Waals surface area contributed by atoms with Crippen molar-refractivity contribution in [2.75, 3.05) is 13.7 Å². The van der Waals surface area contributed by atoms with Crippen LogP contribution in [0.1, 0.15) is 56.8 Å². The van der Waals surface area contributed by atoms with E-state index >= 15 is 0 Å². The number of carbonyl (C=O) groups is 2. The second kappa shape index (κ2) is 9.31. The Morgan fingerprint density at radius 3 is 2.44 bits per heavy atom. The molecule has 0 aliphatic heterocycles. The SMILES string of the molecule is COC(=O)c1ccc(Cl)c(OCC2CCC(NC(=O)OC(C)(C)C)CC2)c1. The second-order valence-electron chi connectivity index (χ2n) is 7.81. The highest BCUT2D eigenvalue weighted by molar-refractivity contribution is 6.32. The van der Waals surface area contributed by atoms with Crippen molar-refractivity contribution < 1.29 is 23.8 Å². The lowest BCUT2D eigenvalue weighted by Gasteiger charge is -2.30. The molecular formula is C20H28ClNO5. The van der Waals surface area contributed by atoms with E-state index in [4.69, 9.17) is 25.8 Å². The molecule has 0 radical (unpaired) electrons. The van der Waals surface area contributed by atoms with E-state index in [1.54, 1.807) is 18.2 Å². The van der Waals surface area contributed by atoms with Crippen LogP contribution >= 0.6 is 11.6 Å². The lowest BCUT2D eigenvalue weighted by molar-refractivity contribution is 0.0482. The molecular weight excluding hydrogens is 370 g/mol. The monoisotopic (exact) mass is 397 g/mol. The van der Waals surface area contributed by atoms with Gasteiger partial charge in [0, 0.05) is 6.04 Å². The third-order valence-corrected chi connectivity index (χ3v) is 4.71. The van der Waals surface area contributed by atoms with E-state index < -0.39 is 11.6 Å². The number of hydrogen-bond acceptors (Lipinski definition) is 5. The molecule has 1 aromatic carbocycles. The fraction of sp³-hybridized carbons (Fsp3) is 0.600. The number of benzene rings is 1. The van der Waals surface area contributed by atoms with Crippen molar-refractivity contribution >= 4 is 23.7 Å². The van der Waals surface area contributed by atoms with Crippen LogP contribution in [0, 0.1) is 5.92 Å². The Kier molecular flexibility index (Phi) is 7.36. The number of amides is 1. The first-order chi connectivity index (χ1) is 12.7. The Hall–Kier alpha value is -1.95. The Balaban J connectivity index is 1.80. The molecule has 1 aromatic rings. The largest absolute Gasteiger partial charge is 0.492 e. The summed E-state index contributed by atoms with van der Waals surface area (Å²) in [6.45, 7) is 6.06. The van der Waals surface area contributed by atoms with E-state index in [0.717, 1.165) is 25.7 Å². The maximum Gasteiger partial charge on any atom is 0.407 e. The van der Waals surface area contributed by atoms with Gasteiger partial charge in [-0.15, -0.1) is 0 Å². The third kappa shape index (κ3) is 6.94. The van der Waals surface area contributed by atoms with Gasteiger partial charge >= 0.3 is 12.1 Å². The molecule has 0 unspecified atom stereocenters. The van der Waals surface area contributed by atoms with Crippen LogP contribution in [0.2, 0.25) is 5.02 Å². The molecule has 1 fully saturated rings. The number of ether oxygens (including phenoxy) is 3. The van der Waals surface area contributed by atoms with Gasteiger partial charge in [-0.25, -0.2) is 9.59 Å². The number of hydrogen-bond donors (Lipinski definition) is 1. The lowest BCUT2D eigenvalue weighted by Crippen LogP contribution is -2.41. The average molecular weight is 398 g/mol. The summed E-state index contributed by atoms with van der Waals surface area (Å²) in [6.07, 6.45) is 3.27. The molecule has 0 spiro atoms. The molecule has 2 rings (SSSR count). The molecule has 0 atom stereocenters. The van der Waals surface area contributed by atoms with Crippen molar-refractivity contribution in [1.82, 2.24) is 5.32 Å². The van der Waals surface area contributed by atoms with Crippen LogP contribution in [0.4, 0.5) is 4.79 Å². The molecule has 0 saturated heterocycles. The molecule has 0 bridgehead atoms. The highest BCUT2D eigenvalue weighted by Gasteiger charge is 2.25. The fourth-order valence-electron chi connectivity index (χ4n) is 3.01. The Morgan fingerprint density at radius 1 is 1.19 bits per heavy atom. The van der Waals surface area contributed by atoms with Crippen molar-refractivity contribution in [3.63, 3.8) is 0 Å². The van der Waals surface area contributed by atoms with Crippen LogP contribution in [0.5, 0.6) is 5.75 Å². The number of nitrogens with one attached hydrogen (secondary N) is 1. The van der Waals surface area contributed by atoms with Crippen LogP contribution in [-0.2, 0) is 9.47 Å². The number of halogens is 1. The molecule has 1 aliphatic rings. The predicted molar refractivity (Wildman–Crippen MR) is 103 cm³/mol. The summed E-state index contributed by atoms with van der Waals surface area (Å²) >= 11 is 6.16. The molecule has 0 heterocycles. The average Bonchev–Trinajstić information content (AvgIpc) is 2.60. The topological polar surface area (TPSA) is 73.9 Å². The van der Waals surface area contributed by atoms with Gasteiger partial charge in [-0.3, -0.25) is 0 Å². The van der Waals surface area contributed by atoms with Crippen molar-refractivity contribution in [3.05, 3.63) is 28.8 Å². The normalized spacial score (nSPS) is 19.9. The van der Waals surface area contributed by atoms with Gasteiger partial charge in [0.25, 0.3) is 0 Å². The van der Waals surface area contributed by atoms with Crippen LogP contribution < -0.4 is 10.1 Å². The Morgan fingerprint density at radius 2 is 1.85 bits per heavy atom. The maximum absolute atomic E-state index is 11.9. The van der Waals surface area contributed by atoms with Gasteiger partial charge in [0.05, 0.1) is 24.3 Å². The van der Waals surface area contributed by atoms with Crippen molar-refractivity contribution in [3.8, 4) is 5.75 Å². The van der Waals surface area contributed by atoms with Crippen LogP contribution in [-0.4, -0.2) is 37.4 Å². The Labute approximate surface area is 165 Å². The van der Waals surface area contributed by atoms with Crippen LogP contribution in [0.3, 0.4) is 0 Å². The molecule has 150 valence electrons.